The molecule has 1 saturated heterocycles. The third-order valence-electron chi connectivity index (χ3n) is 5.83. The van der Waals surface area contributed by atoms with Crippen LogP contribution in [0.3, 0.4) is 0 Å². The van der Waals surface area contributed by atoms with E-state index in [9.17, 15) is 14.4 Å². The number of halogens is 2. The molecule has 7 nitrogen and oxygen atoms in total. The average Bonchev–Trinajstić information content (AvgIpc) is 3.24. The van der Waals surface area contributed by atoms with Gasteiger partial charge in [0.25, 0.3) is 11.5 Å². The summed E-state index contributed by atoms with van der Waals surface area (Å²) in [6.45, 7) is 4.91. The SMILES string of the molecule is CC1CN(C(=O)Cn2cnc3sccc3c2=O)CC(C)C1NC(=O)c1ccc(Cl)c(Cl)c1. The second kappa shape index (κ2) is 9.21. The van der Waals surface area contributed by atoms with Crippen LogP contribution in [-0.2, 0) is 11.3 Å². The number of hydrogen-bond acceptors (Lipinski definition) is 5. The van der Waals surface area contributed by atoms with E-state index in [0.717, 1.165) is 0 Å². The van der Waals surface area contributed by atoms with Gasteiger partial charge in [0.2, 0.25) is 5.91 Å². The fourth-order valence-corrected chi connectivity index (χ4v) is 5.19. The fraction of sp³-hybridized carbons (Fsp3) is 0.364. The summed E-state index contributed by atoms with van der Waals surface area (Å²) in [5, 5.41) is 6.13. The first-order valence-electron chi connectivity index (χ1n) is 10.2. The van der Waals surface area contributed by atoms with Crippen molar-refractivity contribution in [3.63, 3.8) is 0 Å². The maximum atomic E-state index is 12.9. The van der Waals surface area contributed by atoms with Gasteiger partial charge in [-0.15, -0.1) is 11.3 Å². The number of carbonyl (C=O) groups excluding carboxylic acids is 2. The summed E-state index contributed by atoms with van der Waals surface area (Å²) in [5.41, 5.74) is 0.225. The quantitative estimate of drug-likeness (QED) is 0.601. The molecule has 0 saturated carbocycles. The smallest absolute Gasteiger partial charge is 0.262 e. The van der Waals surface area contributed by atoms with Crippen molar-refractivity contribution in [3.05, 3.63) is 61.9 Å². The van der Waals surface area contributed by atoms with Gasteiger partial charge in [0, 0.05) is 24.7 Å². The molecule has 1 aliphatic rings. The lowest BCUT2D eigenvalue weighted by molar-refractivity contribution is -0.135. The van der Waals surface area contributed by atoms with Crippen molar-refractivity contribution in [2.24, 2.45) is 11.8 Å². The number of piperidine rings is 1. The summed E-state index contributed by atoms with van der Waals surface area (Å²) in [7, 11) is 0. The molecule has 168 valence electrons. The predicted molar refractivity (Wildman–Crippen MR) is 127 cm³/mol. The van der Waals surface area contributed by atoms with Gasteiger partial charge in [0.05, 0.1) is 21.8 Å². The lowest BCUT2D eigenvalue weighted by Gasteiger charge is -2.41. The van der Waals surface area contributed by atoms with Crippen LogP contribution in [0.5, 0.6) is 0 Å². The fourth-order valence-electron chi connectivity index (χ4n) is 4.17. The van der Waals surface area contributed by atoms with Crippen molar-refractivity contribution in [3.8, 4) is 0 Å². The monoisotopic (exact) mass is 492 g/mol. The van der Waals surface area contributed by atoms with E-state index in [1.54, 1.807) is 29.2 Å². The minimum Gasteiger partial charge on any atom is -0.349 e. The van der Waals surface area contributed by atoms with E-state index >= 15 is 0 Å². The van der Waals surface area contributed by atoms with Gasteiger partial charge in [-0.2, -0.15) is 0 Å². The maximum absolute atomic E-state index is 12.9. The zero-order valence-corrected chi connectivity index (χ0v) is 19.9. The van der Waals surface area contributed by atoms with Gasteiger partial charge in [0.1, 0.15) is 11.4 Å². The average molecular weight is 493 g/mol. The molecular weight excluding hydrogens is 471 g/mol. The van der Waals surface area contributed by atoms with Crippen LogP contribution >= 0.6 is 34.5 Å². The van der Waals surface area contributed by atoms with Crippen LogP contribution in [0.25, 0.3) is 10.2 Å². The number of aromatic nitrogens is 2. The number of benzene rings is 1. The number of thiophene rings is 1. The molecule has 2 aromatic heterocycles. The first-order valence-corrected chi connectivity index (χ1v) is 11.8. The van der Waals surface area contributed by atoms with Crippen molar-refractivity contribution < 1.29 is 9.59 Å². The van der Waals surface area contributed by atoms with E-state index in [0.29, 0.717) is 38.9 Å². The van der Waals surface area contributed by atoms with E-state index in [4.69, 9.17) is 23.2 Å². The molecule has 1 N–H and O–H groups in total. The van der Waals surface area contributed by atoms with E-state index in [1.165, 1.54) is 22.2 Å². The standard InChI is InChI=1S/C22H22Cl2N4O3S/c1-12-8-27(18(29)10-28-11-25-21-15(22(28)31)5-6-32-21)9-13(2)19(12)26-20(30)14-3-4-16(23)17(24)7-14/h3-7,11-13,19H,8-10H2,1-2H3,(H,26,30). The Balaban J connectivity index is 1.42. The summed E-state index contributed by atoms with van der Waals surface area (Å²) >= 11 is 13.4. The largest absolute Gasteiger partial charge is 0.349 e. The summed E-state index contributed by atoms with van der Waals surface area (Å²) < 4.78 is 1.35. The summed E-state index contributed by atoms with van der Waals surface area (Å²) in [6.07, 6.45) is 1.43. The van der Waals surface area contributed by atoms with Crippen molar-refractivity contribution in [1.82, 2.24) is 19.8 Å². The molecule has 10 heteroatoms. The molecule has 2 unspecified atom stereocenters. The molecule has 1 aliphatic heterocycles. The van der Waals surface area contributed by atoms with Gasteiger partial charge < -0.3 is 10.2 Å². The Hall–Kier alpha value is -2.42. The number of hydrogen-bond donors (Lipinski definition) is 1. The Kier molecular flexibility index (Phi) is 6.55. The zero-order valence-electron chi connectivity index (χ0n) is 17.5. The van der Waals surface area contributed by atoms with Crippen molar-refractivity contribution in [2.75, 3.05) is 13.1 Å². The molecule has 2 atom stereocenters. The van der Waals surface area contributed by atoms with Gasteiger partial charge in [-0.25, -0.2) is 4.98 Å². The first-order chi connectivity index (χ1) is 15.2. The lowest BCUT2D eigenvalue weighted by atomic mass is 9.85. The van der Waals surface area contributed by atoms with Crippen molar-refractivity contribution >= 4 is 56.6 Å². The Morgan fingerprint density at radius 2 is 1.88 bits per heavy atom. The number of nitrogens with one attached hydrogen (secondary N) is 1. The van der Waals surface area contributed by atoms with Gasteiger partial charge in [-0.3, -0.25) is 19.0 Å². The van der Waals surface area contributed by atoms with Crippen LogP contribution in [0.2, 0.25) is 10.0 Å². The van der Waals surface area contributed by atoms with Crippen LogP contribution in [0.15, 0.2) is 40.8 Å². The zero-order chi connectivity index (χ0) is 23.0. The topological polar surface area (TPSA) is 84.3 Å². The van der Waals surface area contributed by atoms with E-state index in [1.807, 2.05) is 19.2 Å². The predicted octanol–water partition coefficient (Wildman–Crippen LogP) is 3.68. The molecule has 1 aromatic carbocycles. The molecule has 4 rings (SSSR count). The highest BCUT2D eigenvalue weighted by Crippen LogP contribution is 2.25. The molecule has 3 aromatic rings. The Labute approximate surface area is 199 Å². The first kappa shape index (κ1) is 22.8. The summed E-state index contributed by atoms with van der Waals surface area (Å²) in [4.78, 5) is 44.9. The van der Waals surface area contributed by atoms with E-state index < -0.39 is 0 Å². The van der Waals surface area contributed by atoms with Crippen LogP contribution in [-0.4, -0.2) is 45.4 Å². The molecule has 0 aliphatic carbocycles. The van der Waals surface area contributed by atoms with Crippen LogP contribution in [0.4, 0.5) is 0 Å². The van der Waals surface area contributed by atoms with Gasteiger partial charge >= 0.3 is 0 Å². The second-order valence-corrected chi connectivity index (χ2v) is 9.91. The molecule has 0 spiro atoms. The minimum atomic E-state index is -0.228. The number of rotatable bonds is 4. The Morgan fingerprint density at radius 3 is 2.56 bits per heavy atom. The van der Waals surface area contributed by atoms with E-state index in [2.05, 4.69) is 10.3 Å². The third-order valence-corrected chi connectivity index (χ3v) is 7.39. The van der Waals surface area contributed by atoms with Gasteiger partial charge in [0.15, 0.2) is 0 Å². The molecule has 2 amide bonds. The number of likely N-dealkylation sites (tertiary alicyclic amines) is 1. The Morgan fingerprint density at radius 1 is 1.16 bits per heavy atom. The van der Waals surface area contributed by atoms with Gasteiger partial charge in [-0.05, 0) is 41.5 Å². The number of fused-ring (bicyclic) bond motifs is 1. The van der Waals surface area contributed by atoms with E-state index in [-0.39, 0.29) is 41.8 Å². The number of amides is 2. The highest BCUT2D eigenvalue weighted by atomic mass is 35.5. The molecule has 3 heterocycles. The second-order valence-electron chi connectivity index (χ2n) is 8.20. The molecule has 0 bridgehead atoms. The molecular formula is C22H22Cl2N4O3S. The minimum absolute atomic E-state index is 0.0311. The molecule has 0 radical (unpaired) electrons. The van der Waals surface area contributed by atoms with Crippen LogP contribution < -0.4 is 10.9 Å². The number of nitrogens with zero attached hydrogens (tertiary/aromatic N) is 3. The Bertz CT molecular complexity index is 1230. The number of carbonyl (C=O) groups is 2. The van der Waals surface area contributed by atoms with Crippen molar-refractivity contribution in [2.45, 2.75) is 26.4 Å². The van der Waals surface area contributed by atoms with Crippen LogP contribution in [0, 0.1) is 11.8 Å². The van der Waals surface area contributed by atoms with Crippen molar-refractivity contribution in [1.29, 1.82) is 0 Å². The highest BCUT2D eigenvalue weighted by Gasteiger charge is 2.35. The lowest BCUT2D eigenvalue weighted by Crippen LogP contribution is -2.56. The normalized spacial score (nSPS) is 21.0. The summed E-state index contributed by atoms with van der Waals surface area (Å²) in [6, 6.07) is 6.39. The maximum Gasteiger partial charge on any atom is 0.262 e. The summed E-state index contributed by atoms with van der Waals surface area (Å²) in [5.74, 6) is -0.308. The third kappa shape index (κ3) is 4.53. The highest BCUT2D eigenvalue weighted by molar-refractivity contribution is 7.16. The van der Waals surface area contributed by atoms with Crippen LogP contribution in [0.1, 0.15) is 24.2 Å². The van der Waals surface area contributed by atoms with Gasteiger partial charge in [-0.1, -0.05) is 37.0 Å². The molecule has 1 fully saturated rings. The molecule has 32 heavy (non-hydrogen) atoms.